The molecule has 1 aromatic rings. The Morgan fingerprint density at radius 2 is 2.17 bits per heavy atom. The predicted octanol–water partition coefficient (Wildman–Crippen LogP) is 2.42. The minimum atomic E-state index is -1.09. The molecule has 3 aliphatic rings. The number of aliphatic imine (C=N–C) groups is 1. The number of amidine groups is 1. The van der Waals surface area contributed by atoms with Gasteiger partial charge in [0.15, 0.2) is 5.72 Å². The average Bonchev–Trinajstić information content (AvgIpc) is 3.07. The zero-order chi connectivity index (χ0) is 16.8. The molecule has 3 atom stereocenters. The van der Waals surface area contributed by atoms with E-state index < -0.39 is 5.72 Å². The van der Waals surface area contributed by atoms with Crippen LogP contribution in [0.5, 0.6) is 0 Å². The van der Waals surface area contributed by atoms with Gasteiger partial charge in [0, 0.05) is 5.56 Å². The highest BCUT2D eigenvalue weighted by Gasteiger charge is 2.46. The first-order valence-corrected chi connectivity index (χ1v) is 9.34. The van der Waals surface area contributed by atoms with Crippen LogP contribution in [0.4, 0.5) is 0 Å². The zero-order valence-electron chi connectivity index (χ0n) is 13.3. The van der Waals surface area contributed by atoms with Gasteiger partial charge in [-0.15, -0.1) is 0 Å². The van der Waals surface area contributed by atoms with E-state index in [9.17, 15) is 5.11 Å². The lowest BCUT2D eigenvalue weighted by atomic mass is 9.90. The first-order valence-electron chi connectivity index (χ1n) is 7.95. The molecule has 3 unspecified atom stereocenters. The van der Waals surface area contributed by atoms with Gasteiger partial charge in [-0.25, -0.2) is 0 Å². The number of nitrogens with one attached hydrogen (secondary N) is 1. The second-order valence-electron chi connectivity index (χ2n) is 6.47. The Bertz CT molecular complexity index is 761. The highest BCUT2D eigenvalue weighted by Crippen LogP contribution is 2.39. The molecule has 1 saturated heterocycles. The number of nitrogens with zero attached hydrogens (tertiary/aromatic N) is 2. The number of hydrogen-bond donors (Lipinski definition) is 2. The summed E-state index contributed by atoms with van der Waals surface area (Å²) in [4.78, 5) is 6.72. The van der Waals surface area contributed by atoms with E-state index in [4.69, 9.17) is 17.2 Å². The molecule has 2 N–H and O–H groups in total. The minimum Gasteiger partial charge on any atom is -0.366 e. The lowest BCUT2D eigenvalue weighted by Crippen LogP contribution is -2.49. The molecule has 124 valence electrons. The third-order valence-electron chi connectivity index (χ3n) is 4.78. The molecule has 0 amide bonds. The van der Waals surface area contributed by atoms with Gasteiger partial charge in [-0.3, -0.25) is 4.99 Å². The van der Waals surface area contributed by atoms with E-state index in [0.717, 1.165) is 11.4 Å². The Hall–Kier alpha value is -1.63. The molecule has 0 bridgehead atoms. The van der Waals surface area contributed by atoms with E-state index in [0.29, 0.717) is 16.6 Å². The van der Waals surface area contributed by atoms with E-state index in [-0.39, 0.29) is 11.6 Å². The van der Waals surface area contributed by atoms with Crippen LogP contribution >= 0.6 is 24.0 Å². The fraction of sp³-hybridized carbons (Fsp3) is 0.333. The van der Waals surface area contributed by atoms with Crippen molar-refractivity contribution in [2.75, 3.05) is 12.3 Å². The quantitative estimate of drug-likeness (QED) is 0.814. The number of thioether (sulfide) groups is 1. The first kappa shape index (κ1) is 15.9. The van der Waals surface area contributed by atoms with Crippen molar-refractivity contribution < 1.29 is 5.11 Å². The van der Waals surface area contributed by atoms with Gasteiger partial charge in [0.2, 0.25) is 0 Å². The van der Waals surface area contributed by atoms with Gasteiger partial charge in [-0.2, -0.15) is 0 Å². The van der Waals surface area contributed by atoms with Gasteiger partial charge in [0.05, 0.1) is 18.3 Å². The van der Waals surface area contributed by atoms with Crippen molar-refractivity contribution in [3.05, 3.63) is 60.2 Å². The Balaban J connectivity index is 1.61. The number of benzene rings is 1. The SMILES string of the molecule is CC12C=CC=CC1NC(CN1C(=S)SCC1(O)c1ccccc1)=N2. The van der Waals surface area contributed by atoms with Crippen LogP contribution in [-0.4, -0.2) is 44.0 Å². The van der Waals surface area contributed by atoms with Crippen molar-refractivity contribution in [2.24, 2.45) is 4.99 Å². The van der Waals surface area contributed by atoms with Gasteiger partial charge >= 0.3 is 0 Å². The molecule has 0 aromatic heterocycles. The molecule has 2 aliphatic heterocycles. The highest BCUT2D eigenvalue weighted by molar-refractivity contribution is 8.23. The minimum absolute atomic E-state index is 0.158. The van der Waals surface area contributed by atoms with E-state index >= 15 is 0 Å². The van der Waals surface area contributed by atoms with Gasteiger partial charge in [0.1, 0.15) is 15.7 Å². The number of aliphatic hydroxyl groups is 1. The normalized spacial score (nSPS) is 34.2. The topological polar surface area (TPSA) is 47.9 Å². The monoisotopic (exact) mass is 357 g/mol. The smallest absolute Gasteiger partial charge is 0.175 e. The van der Waals surface area contributed by atoms with Crippen LogP contribution < -0.4 is 5.32 Å². The van der Waals surface area contributed by atoms with Gasteiger partial charge < -0.3 is 15.3 Å². The second-order valence-corrected chi connectivity index (χ2v) is 8.08. The Kier molecular flexibility index (Phi) is 3.78. The number of rotatable bonds is 3. The summed E-state index contributed by atoms with van der Waals surface area (Å²) in [6, 6.07) is 9.87. The maximum atomic E-state index is 11.3. The summed E-state index contributed by atoms with van der Waals surface area (Å²) in [6.45, 7) is 2.59. The number of fused-ring (bicyclic) bond motifs is 1. The molecule has 24 heavy (non-hydrogen) atoms. The number of allylic oxidation sites excluding steroid dienone is 2. The predicted molar refractivity (Wildman–Crippen MR) is 103 cm³/mol. The molecule has 1 fully saturated rings. The van der Waals surface area contributed by atoms with Crippen LogP contribution in [0.15, 0.2) is 59.6 Å². The van der Waals surface area contributed by atoms with Crippen molar-refractivity contribution in [3.8, 4) is 0 Å². The highest BCUT2D eigenvalue weighted by atomic mass is 32.2. The number of thiocarbonyl (C=S) groups is 1. The molecular formula is C18H19N3OS2. The Morgan fingerprint density at radius 1 is 1.38 bits per heavy atom. The largest absolute Gasteiger partial charge is 0.366 e. The van der Waals surface area contributed by atoms with Crippen LogP contribution in [0.1, 0.15) is 12.5 Å². The Labute approximate surface area is 151 Å². The number of hydrogen-bond acceptors (Lipinski definition) is 5. The maximum Gasteiger partial charge on any atom is 0.175 e. The van der Waals surface area contributed by atoms with Crippen LogP contribution in [0.25, 0.3) is 0 Å². The Morgan fingerprint density at radius 3 is 2.92 bits per heavy atom. The molecule has 0 spiro atoms. The van der Waals surface area contributed by atoms with Gasteiger partial charge in [-0.1, -0.05) is 78.6 Å². The molecular weight excluding hydrogens is 338 g/mol. The van der Waals surface area contributed by atoms with E-state index in [1.54, 1.807) is 0 Å². The summed E-state index contributed by atoms with van der Waals surface area (Å²) >= 11 is 7.01. The summed E-state index contributed by atoms with van der Waals surface area (Å²) in [5.41, 5.74) is -0.490. The van der Waals surface area contributed by atoms with Gasteiger partial charge in [-0.05, 0) is 6.92 Å². The molecule has 1 aromatic carbocycles. The molecule has 1 aliphatic carbocycles. The van der Waals surface area contributed by atoms with Crippen LogP contribution in [0.3, 0.4) is 0 Å². The third-order valence-corrected chi connectivity index (χ3v) is 6.37. The molecule has 6 heteroatoms. The third kappa shape index (κ3) is 2.49. The molecule has 4 rings (SSSR count). The zero-order valence-corrected chi connectivity index (χ0v) is 15.0. The summed E-state index contributed by atoms with van der Waals surface area (Å²) in [5, 5.41) is 14.7. The van der Waals surface area contributed by atoms with Crippen LogP contribution in [0, 0.1) is 0 Å². The fourth-order valence-electron chi connectivity index (χ4n) is 3.37. The standard InChI is InChI=1S/C18H19N3OS2/c1-17-10-6-5-9-14(17)19-15(20-17)11-21-16(23)24-12-18(21,22)13-7-3-2-4-8-13/h2-10,14,22H,11-12H2,1H3,(H,19,20). The summed E-state index contributed by atoms with van der Waals surface area (Å²) in [6.07, 6.45) is 8.30. The van der Waals surface area contributed by atoms with Crippen molar-refractivity contribution >= 4 is 34.1 Å². The molecule has 0 saturated carbocycles. The molecule has 2 heterocycles. The first-order chi connectivity index (χ1) is 11.5. The molecule has 4 nitrogen and oxygen atoms in total. The van der Waals surface area contributed by atoms with E-state index in [1.165, 1.54) is 11.8 Å². The van der Waals surface area contributed by atoms with Crippen molar-refractivity contribution in [1.29, 1.82) is 0 Å². The summed E-state index contributed by atoms with van der Waals surface area (Å²) < 4.78 is 0.706. The van der Waals surface area contributed by atoms with Crippen LogP contribution in [-0.2, 0) is 5.72 Å². The second kappa shape index (κ2) is 5.72. The average molecular weight is 358 g/mol. The molecule has 0 radical (unpaired) electrons. The summed E-state index contributed by atoms with van der Waals surface area (Å²) in [7, 11) is 0. The summed E-state index contributed by atoms with van der Waals surface area (Å²) in [5.74, 6) is 1.39. The van der Waals surface area contributed by atoms with Crippen LogP contribution in [0.2, 0.25) is 0 Å². The van der Waals surface area contributed by atoms with Crippen molar-refractivity contribution in [2.45, 2.75) is 24.2 Å². The lowest BCUT2D eigenvalue weighted by Gasteiger charge is -2.34. The van der Waals surface area contributed by atoms with E-state index in [2.05, 4.69) is 24.4 Å². The van der Waals surface area contributed by atoms with Crippen molar-refractivity contribution in [1.82, 2.24) is 10.2 Å². The van der Waals surface area contributed by atoms with Gasteiger partial charge in [0.25, 0.3) is 0 Å². The lowest BCUT2D eigenvalue weighted by molar-refractivity contribution is -0.0394. The van der Waals surface area contributed by atoms with Crippen molar-refractivity contribution in [3.63, 3.8) is 0 Å². The maximum absolute atomic E-state index is 11.3. The van der Waals surface area contributed by atoms with E-state index in [1.807, 2.05) is 47.4 Å². The fourth-order valence-corrected chi connectivity index (χ4v) is 4.78.